The first kappa shape index (κ1) is 26.9. The number of hydrogen-bond donors (Lipinski definition) is 2. The van der Waals surface area contributed by atoms with Gasteiger partial charge in [0.2, 0.25) is 0 Å². The third-order valence-electron chi connectivity index (χ3n) is 6.42. The summed E-state index contributed by atoms with van der Waals surface area (Å²) in [5.41, 5.74) is 3.61. The number of phenolic OH excluding ortho intramolecular Hbond substituents is 2. The lowest BCUT2D eigenvalue weighted by atomic mass is 10.0. The number of carbonyl (C=O) groups excluding carboxylic acids is 2. The Morgan fingerprint density at radius 1 is 0.684 bits per heavy atom. The average Bonchev–Trinajstić information content (AvgIpc) is 3.60. The highest BCUT2D eigenvalue weighted by atomic mass is 16.3. The van der Waals surface area contributed by atoms with Gasteiger partial charge in [0.05, 0.1) is 36.7 Å². The van der Waals surface area contributed by atoms with Crippen LogP contribution in [-0.2, 0) is 26.2 Å². The summed E-state index contributed by atoms with van der Waals surface area (Å²) < 4.78 is 11.2. The van der Waals surface area contributed by atoms with Gasteiger partial charge in [-0.25, -0.2) is 0 Å². The van der Waals surface area contributed by atoms with E-state index in [1.165, 1.54) is 0 Å². The molecule has 2 N–H and O–H groups in total. The highest BCUT2D eigenvalue weighted by molar-refractivity contribution is 5.81. The smallest absolute Gasteiger partial charge is 0.153 e. The van der Waals surface area contributed by atoms with E-state index in [2.05, 4.69) is 9.80 Å². The fraction of sp³-hybridized carbons (Fsp3) is 0.267. The molecular weight excluding hydrogens is 484 g/mol. The Bertz CT molecular complexity index is 1260. The van der Waals surface area contributed by atoms with Crippen molar-refractivity contribution >= 4 is 12.6 Å². The van der Waals surface area contributed by atoms with Crippen molar-refractivity contribution in [2.75, 3.05) is 13.1 Å². The maximum absolute atomic E-state index is 11.5. The van der Waals surface area contributed by atoms with Gasteiger partial charge in [0.1, 0.15) is 23.0 Å². The number of rotatable bonds is 13. The number of carbonyl (C=O) groups is 2. The van der Waals surface area contributed by atoms with Crippen molar-refractivity contribution in [1.29, 1.82) is 0 Å². The van der Waals surface area contributed by atoms with E-state index >= 15 is 0 Å². The summed E-state index contributed by atoms with van der Waals surface area (Å²) in [6, 6.07) is 14.5. The number of nitrogens with zero attached hydrogens (tertiary/aromatic N) is 2. The number of aromatic hydroxyl groups is 2. The van der Waals surface area contributed by atoms with Gasteiger partial charge in [-0.15, -0.1) is 0 Å². The second kappa shape index (κ2) is 12.4. The van der Waals surface area contributed by atoms with Gasteiger partial charge in [0.15, 0.2) is 12.6 Å². The van der Waals surface area contributed by atoms with Crippen LogP contribution in [0.2, 0.25) is 0 Å². The highest BCUT2D eigenvalue weighted by Gasteiger charge is 2.18. The van der Waals surface area contributed by atoms with E-state index in [9.17, 15) is 19.8 Å². The second-order valence-electron chi connectivity index (χ2n) is 9.54. The molecule has 38 heavy (non-hydrogen) atoms. The molecule has 0 saturated heterocycles. The lowest BCUT2D eigenvalue weighted by Crippen LogP contribution is -2.34. The quantitative estimate of drug-likeness (QED) is 0.233. The van der Waals surface area contributed by atoms with Crippen LogP contribution >= 0.6 is 0 Å². The highest BCUT2D eigenvalue weighted by Crippen LogP contribution is 2.27. The topological polar surface area (TPSA) is 107 Å². The van der Waals surface area contributed by atoms with Crippen molar-refractivity contribution < 1.29 is 28.6 Å². The van der Waals surface area contributed by atoms with Gasteiger partial charge < -0.3 is 19.0 Å². The first-order valence-electron chi connectivity index (χ1n) is 12.4. The third kappa shape index (κ3) is 6.79. The Morgan fingerprint density at radius 3 is 1.45 bits per heavy atom. The minimum absolute atomic E-state index is 0.0198. The summed E-state index contributed by atoms with van der Waals surface area (Å²) in [5.74, 6) is 1.51. The maximum atomic E-state index is 11.5. The molecule has 0 aliphatic rings. The minimum Gasteiger partial charge on any atom is -0.507 e. The second-order valence-corrected chi connectivity index (χ2v) is 9.54. The van der Waals surface area contributed by atoms with E-state index < -0.39 is 0 Å². The van der Waals surface area contributed by atoms with Gasteiger partial charge in [-0.3, -0.25) is 19.4 Å². The molecular formula is C30H32N2O6. The Kier molecular flexibility index (Phi) is 8.78. The van der Waals surface area contributed by atoms with Crippen LogP contribution in [-0.4, -0.2) is 45.7 Å². The summed E-state index contributed by atoms with van der Waals surface area (Å²) in [6.45, 7) is 6.73. The number of aryl methyl sites for hydroxylation is 2. The van der Waals surface area contributed by atoms with Crippen molar-refractivity contribution in [3.8, 4) is 11.5 Å². The first-order valence-corrected chi connectivity index (χ1v) is 12.4. The zero-order valence-corrected chi connectivity index (χ0v) is 21.6. The Morgan fingerprint density at radius 2 is 1.11 bits per heavy atom. The predicted molar refractivity (Wildman–Crippen MR) is 142 cm³/mol. The van der Waals surface area contributed by atoms with E-state index in [-0.39, 0.29) is 22.6 Å². The molecule has 0 saturated carbocycles. The molecule has 0 amide bonds. The summed E-state index contributed by atoms with van der Waals surface area (Å²) in [5, 5.41) is 21.4. The maximum Gasteiger partial charge on any atom is 0.153 e. The first-order chi connectivity index (χ1) is 18.4. The molecule has 0 aliphatic carbocycles. The van der Waals surface area contributed by atoms with E-state index in [4.69, 9.17) is 8.83 Å². The molecule has 8 heteroatoms. The zero-order valence-electron chi connectivity index (χ0n) is 21.6. The van der Waals surface area contributed by atoms with Crippen molar-refractivity contribution in [1.82, 2.24) is 9.80 Å². The normalized spacial score (nSPS) is 11.4. The molecule has 0 bridgehead atoms. The number of aldehydes is 2. The fourth-order valence-corrected chi connectivity index (χ4v) is 4.63. The van der Waals surface area contributed by atoms with Crippen molar-refractivity contribution in [3.05, 3.63) is 106 Å². The fourth-order valence-electron chi connectivity index (χ4n) is 4.63. The predicted octanol–water partition coefficient (Wildman–Crippen LogP) is 5.23. The van der Waals surface area contributed by atoms with Gasteiger partial charge >= 0.3 is 0 Å². The van der Waals surface area contributed by atoms with Crippen molar-refractivity contribution in [2.24, 2.45) is 0 Å². The summed E-state index contributed by atoms with van der Waals surface area (Å²) in [4.78, 5) is 27.2. The van der Waals surface area contributed by atoms with Gasteiger partial charge in [0.25, 0.3) is 0 Å². The van der Waals surface area contributed by atoms with Gasteiger partial charge in [-0.1, -0.05) is 12.1 Å². The van der Waals surface area contributed by atoms with Crippen LogP contribution in [0.5, 0.6) is 11.5 Å². The summed E-state index contributed by atoms with van der Waals surface area (Å²) in [7, 11) is 0. The van der Waals surface area contributed by atoms with E-state index in [1.54, 1.807) is 24.7 Å². The molecule has 0 unspecified atom stereocenters. The molecule has 2 aromatic heterocycles. The molecule has 0 atom stereocenters. The van der Waals surface area contributed by atoms with Crippen LogP contribution in [0.3, 0.4) is 0 Å². The van der Waals surface area contributed by atoms with Gasteiger partial charge in [0, 0.05) is 37.3 Å². The molecule has 2 heterocycles. The SMILES string of the molecule is Cc1cc(C=O)c(O)c(CN(CCN(Cc2ccco2)Cc2cc(C)cc(C=O)c2O)Cc2ccco2)c1. The number of furan rings is 2. The molecule has 2 aromatic carbocycles. The standard InChI is InChI=1S/C30H32N2O6/c1-21-11-23(29(35)25(13-21)19-33)15-31(17-27-5-3-9-37-27)7-8-32(18-28-6-4-10-38-28)16-24-12-22(2)14-26(20-34)30(24)36/h3-6,9-14,19-20,35-36H,7-8,15-18H2,1-2H3. The van der Waals surface area contributed by atoms with Crippen molar-refractivity contribution in [3.63, 3.8) is 0 Å². The van der Waals surface area contributed by atoms with Crippen molar-refractivity contribution in [2.45, 2.75) is 40.0 Å². The molecule has 4 aromatic rings. The molecule has 198 valence electrons. The minimum atomic E-state index is -0.0198. The van der Waals surface area contributed by atoms with Crippen LogP contribution in [0.15, 0.2) is 69.9 Å². The Labute approximate surface area is 221 Å². The number of hydrogen-bond acceptors (Lipinski definition) is 8. The number of phenols is 2. The van der Waals surface area contributed by atoms with E-state index in [0.717, 1.165) is 22.6 Å². The molecule has 8 nitrogen and oxygen atoms in total. The molecule has 0 spiro atoms. The third-order valence-corrected chi connectivity index (χ3v) is 6.42. The van der Waals surface area contributed by atoms with E-state index in [1.807, 2.05) is 50.2 Å². The van der Waals surface area contributed by atoms with Gasteiger partial charge in [-0.05, 0) is 61.4 Å². The van der Waals surface area contributed by atoms with Crippen LogP contribution in [0.25, 0.3) is 0 Å². The lowest BCUT2D eigenvalue weighted by Gasteiger charge is -2.28. The largest absolute Gasteiger partial charge is 0.507 e. The molecule has 4 rings (SSSR count). The summed E-state index contributed by atoms with van der Waals surface area (Å²) in [6.07, 6.45) is 4.57. The van der Waals surface area contributed by atoms with Crippen LogP contribution in [0.1, 0.15) is 54.5 Å². The van der Waals surface area contributed by atoms with Crippen LogP contribution < -0.4 is 0 Å². The average molecular weight is 517 g/mol. The monoisotopic (exact) mass is 516 g/mol. The molecule has 0 aliphatic heterocycles. The van der Waals surface area contributed by atoms with Crippen LogP contribution in [0.4, 0.5) is 0 Å². The van der Waals surface area contributed by atoms with Crippen LogP contribution in [0, 0.1) is 13.8 Å². The van der Waals surface area contributed by atoms with E-state index in [0.29, 0.717) is 63.0 Å². The number of benzene rings is 2. The Balaban J connectivity index is 1.58. The lowest BCUT2D eigenvalue weighted by molar-refractivity contribution is 0.111. The molecule has 0 radical (unpaired) electrons. The summed E-state index contributed by atoms with van der Waals surface area (Å²) >= 11 is 0. The zero-order chi connectivity index (χ0) is 27.1. The molecule has 0 fully saturated rings. The van der Waals surface area contributed by atoms with Gasteiger partial charge in [-0.2, -0.15) is 0 Å². The Hall–Kier alpha value is -4.14.